The van der Waals surface area contributed by atoms with E-state index in [9.17, 15) is 0 Å². The minimum atomic E-state index is 0.598. The maximum absolute atomic E-state index is 8.52. The van der Waals surface area contributed by atoms with Gasteiger partial charge in [-0.3, -0.25) is 4.90 Å². The van der Waals surface area contributed by atoms with Gasteiger partial charge >= 0.3 is 0 Å². The highest BCUT2D eigenvalue weighted by atomic mass is 15.1. The number of piperidine rings is 1. The van der Waals surface area contributed by atoms with Crippen molar-refractivity contribution in [1.29, 1.82) is 5.26 Å². The van der Waals surface area contributed by atoms with Gasteiger partial charge in [0.25, 0.3) is 0 Å². The Balaban J connectivity index is 2.27. The molecular formula is C11H18N2. The van der Waals surface area contributed by atoms with Gasteiger partial charge in [0.05, 0.1) is 12.6 Å². The van der Waals surface area contributed by atoms with Crippen molar-refractivity contribution in [3.63, 3.8) is 0 Å². The van der Waals surface area contributed by atoms with E-state index in [4.69, 9.17) is 5.26 Å². The van der Waals surface area contributed by atoms with E-state index in [1.165, 1.54) is 25.7 Å². The van der Waals surface area contributed by atoms with Gasteiger partial charge in [0.1, 0.15) is 0 Å². The van der Waals surface area contributed by atoms with Crippen molar-refractivity contribution in [2.45, 2.75) is 32.6 Å². The molecule has 0 N–H and O–H groups in total. The van der Waals surface area contributed by atoms with Gasteiger partial charge in [-0.2, -0.15) is 5.26 Å². The molecule has 1 fully saturated rings. The molecule has 1 saturated heterocycles. The van der Waals surface area contributed by atoms with Gasteiger partial charge in [-0.15, -0.1) is 0 Å². The summed E-state index contributed by atoms with van der Waals surface area (Å²) in [4.78, 5) is 2.23. The van der Waals surface area contributed by atoms with Crippen LogP contribution in [0, 0.1) is 11.3 Å². The van der Waals surface area contributed by atoms with Crippen LogP contribution in [0.1, 0.15) is 32.6 Å². The fraction of sp³-hybridized carbons (Fsp3) is 0.727. The maximum atomic E-state index is 8.52. The first-order valence-corrected chi connectivity index (χ1v) is 5.14. The topological polar surface area (TPSA) is 27.0 Å². The Morgan fingerprint density at radius 2 is 2.15 bits per heavy atom. The zero-order valence-corrected chi connectivity index (χ0v) is 8.42. The van der Waals surface area contributed by atoms with Gasteiger partial charge in [-0.25, -0.2) is 0 Å². The minimum absolute atomic E-state index is 0.598. The number of nitrogens with zero attached hydrogens (tertiary/aromatic N) is 2. The first-order chi connectivity index (χ1) is 6.36. The highest BCUT2D eigenvalue weighted by molar-refractivity contribution is 5.06. The van der Waals surface area contributed by atoms with E-state index in [1.54, 1.807) is 5.57 Å². The lowest BCUT2D eigenvalue weighted by atomic mass is 10.0. The third-order valence-electron chi connectivity index (χ3n) is 2.51. The molecule has 0 radical (unpaired) electrons. The lowest BCUT2D eigenvalue weighted by Crippen LogP contribution is -2.30. The first-order valence-electron chi connectivity index (χ1n) is 5.14. The summed E-state index contributed by atoms with van der Waals surface area (Å²) >= 11 is 0. The molecule has 1 heterocycles. The van der Waals surface area contributed by atoms with E-state index in [2.05, 4.69) is 24.0 Å². The second-order valence-electron chi connectivity index (χ2n) is 3.59. The van der Waals surface area contributed by atoms with Crippen LogP contribution in [0.4, 0.5) is 0 Å². The Hall–Kier alpha value is -0.810. The Labute approximate surface area is 80.8 Å². The molecule has 0 saturated carbocycles. The molecule has 0 aromatic rings. The number of rotatable bonds is 3. The minimum Gasteiger partial charge on any atom is -0.290 e. The van der Waals surface area contributed by atoms with E-state index in [0.29, 0.717) is 6.54 Å². The molecule has 1 rings (SSSR count). The van der Waals surface area contributed by atoms with E-state index in [-0.39, 0.29) is 0 Å². The van der Waals surface area contributed by atoms with Crippen molar-refractivity contribution < 1.29 is 0 Å². The molecule has 0 bridgehead atoms. The maximum Gasteiger partial charge on any atom is 0.0866 e. The smallest absolute Gasteiger partial charge is 0.0866 e. The van der Waals surface area contributed by atoms with Crippen LogP contribution in [0.3, 0.4) is 0 Å². The summed E-state index contributed by atoms with van der Waals surface area (Å²) in [6.45, 7) is 4.95. The van der Waals surface area contributed by atoms with Crippen molar-refractivity contribution in [2.75, 3.05) is 19.6 Å². The molecule has 0 aliphatic carbocycles. The van der Waals surface area contributed by atoms with E-state index in [0.717, 1.165) is 13.1 Å². The highest BCUT2D eigenvalue weighted by Gasteiger charge is 2.12. The summed E-state index contributed by atoms with van der Waals surface area (Å²) in [5, 5.41) is 8.52. The summed E-state index contributed by atoms with van der Waals surface area (Å²) in [5.74, 6) is 0. The average Bonchev–Trinajstić information content (AvgIpc) is 2.17. The Kier molecular flexibility index (Phi) is 4.56. The largest absolute Gasteiger partial charge is 0.290 e. The van der Waals surface area contributed by atoms with Gasteiger partial charge in [-0.05, 0) is 19.3 Å². The molecule has 72 valence electrons. The van der Waals surface area contributed by atoms with Crippen LogP contribution in [-0.2, 0) is 0 Å². The Morgan fingerprint density at radius 1 is 1.46 bits per heavy atom. The average molecular weight is 178 g/mol. The lowest BCUT2D eigenvalue weighted by Gasteiger charge is -2.25. The fourth-order valence-electron chi connectivity index (χ4n) is 1.65. The molecule has 13 heavy (non-hydrogen) atoms. The van der Waals surface area contributed by atoms with E-state index < -0.39 is 0 Å². The summed E-state index contributed by atoms with van der Waals surface area (Å²) in [6, 6.07) is 2.20. The second kappa shape index (κ2) is 5.77. The number of hydrogen-bond donors (Lipinski definition) is 0. The molecule has 1 aliphatic rings. The monoisotopic (exact) mass is 178 g/mol. The Bertz CT molecular complexity index is 203. The summed E-state index contributed by atoms with van der Waals surface area (Å²) in [7, 11) is 0. The van der Waals surface area contributed by atoms with Crippen molar-refractivity contribution in [3.8, 4) is 6.07 Å². The summed E-state index contributed by atoms with van der Waals surface area (Å²) in [5.41, 5.74) is 1.59. The third-order valence-corrected chi connectivity index (χ3v) is 2.51. The number of hydrogen-bond acceptors (Lipinski definition) is 2. The van der Waals surface area contributed by atoms with Gasteiger partial charge in [0.15, 0.2) is 0 Å². The number of allylic oxidation sites excluding steroid dienone is 1. The van der Waals surface area contributed by atoms with Crippen LogP contribution in [0.5, 0.6) is 0 Å². The normalized spacial score (nSPS) is 18.3. The van der Waals surface area contributed by atoms with E-state index in [1.807, 2.05) is 0 Å². The zero-order valence-electron chi connectivity index (χ0n) is 8.42. The molecule has 0 amide bonds. The molecule has 2 nitrogen and oxygen atoms in total. The van der Waals surface area contributed by atoms with Crippen molar-refractivity contribution in [2.24, 2.45) is 0 Å². The molecule has 0 aromatic heterocycles. The standard InChI is InChI=1S/C11H18N2/c1-2-3-4-11-5-8-13(9-6-11)10-7-12/h4H,2-3,5-6,8-10H2,1H3. The van der Waals surface area contributed by atoms with Crippen LogP contribution < -0.4 is 0 Å². The van der Waals surface area contributed by atoms with Gasteiger partial charge < -0.3 is 0 Å². The van der Waals surface area contributed by atoms with Crippen LogP contribution in [0.15, 0.2) is 11.6 Å². The molecule has 0 unspecified atom stereocenters. The number of likely N-dealkylation sites (tertiary alicyclic amines) is 1. The molecule has 0 atom stereocenters. The van der Waals surface area contributed by atoms with E-state index >= 15 is 0 Å². The molecular weight excluding hydrogens is 160 g/mol. The molecule has 0 spiro atoms. The molecule has 2 heteroatoms. The van der Waals surface area contributed by atoms with Gasteiger partial charge in [0, 0.05) is 13.1 Å². The second-order valence-corrected chi connectivity index (χ2v) is 3.59. The van der Waals surface area contributed by atoms with Gasteiger partial charge in [-0.1, -0.05) is 25.0 Å². The summed E-state index contributed by atoms with van der Waals surface area (Å²) < 4.78 is 0. The van der Waals surface area contributed by atoms with Crippen LogP contribution >= 0.6 is 0 Å². The predicted octanol–water partition coefficient (Wildman–Crippen LogP) is 2.33. The van der Waals surface area contributed by atoms with Crippen molar-refractivity contribution >= 4 is 0 Å². The van der Waals surface area contributed by atoms with Crippen molar-refractivity contribution in [3.05, 3.63) is 11.6 Å². The first kappa shape index (κ1) is 10.3. The van der Waals surface area contributed by atoms with Crippen LogP contribution in [0.25, 0.3) is 0 Å². The zero-order chi connectivity index (χ0) is 9.52. The Morgan fingerprint density at radius 3 is 2.69 bits per heavy atom. The van der Waals surface area contributed by atoms with Crippen LogP contribution in [-0.4, -0.2) is 24.5 Å². The quantitative estimate of drug-likeness (QED) is 0.490. The number of unbranched alkanes of at least 4 members (excludes halogenated alkanes) is 1. The van der Waals surface area contributed by atoms with Crippen molar-refractivity contribution in [1.82, 2.24) is 4.90 Å². The highest BCUT2D eigenvalue weighted by Crippen LogP contribution is 2.16. The number of nitriles is 1. The van der Waals surface area contributed by atoms with Gasteiger partial charge in [0.2, 0.25) is 0 Å². The fourth-order valence-corrected chi connectivity index (χ4v) is 1.65. The lowest BCUT2D eigenvalue weighted by molar-refractivity contribution is 0.285. The third kappa shape index (κ3) is 3.61. The predicted molar refractivity (Wildman–Crippen MR) is 54.3 cm³/mol. The molecule has 1 aliphatic heterocycles. The summed E-state index contributed by atoms with van der Waals surface area (Å²) in [6.07, 6.45) is 7.17. The molecule has 0 aromatic carbocycles. The SMILES string of the molecule is CCCC=C1CCN(CC#N)CC1. The van der Waals surface area contributed by atoms with Crippen LogP contribution in [0.2, 0.25) is 0 Å².